The van der Waals surface area contributed by atoms with E-state index in [2.05, 4.69) is 25.9 Å². The van der Waals surface area contributed by atoms with Crippen LogP contribution in [0.25, 0.3) is 11.3 Å². The largest absolute Gasteiger partial charge is 0.331 e. The van der Waals surface area contributed by atoms with Crippen molar-refractivity contribution in [2.45, 2.75) is 6.92 Å². The SMILES string of the molecule is CC(=O)Nc1cccc(C(=O)Nc2cccc(Nc3nc(-c4ccncc4)cs3)c2)c1. The molecule has 0 aliphatic heterocycles. The van der Waals surface area contributed by atoms with E-state index in [-0.39, 0.29) is 11.8 Å². The highest BCUT2D eigenvalue weighted by Crippen LogP contribution is 2.27. The average molecular weight is 430 g/mol. The molecule has 154 valence electrons. The fourth-order valence-electron chi connectivity index (χ4n) is 2.93. The van der Waals surface area contributed by atoms with Crippen molar-refractivity contribution in [3.63, 3.8) is 0 Å². The van der Waals surface area contributed by atoms with Gasteiger partial charge in [0.2, 0.25) is 5.91 Å². The van der Waals surface area contributed by atoms with E-state index in [9.17, 15) is 9.59 Å². The fourth-order valence-corrected chi connectivity index (χ4v) is 3.67. The number of amides is 2. The number of pyridine rings is 1. The predicted octanol–water partition coefficient (Wildman–Crippen LogP) is 5.16. The van der Waals surface area contributed by atoms with Crippen molar-refractivity contribution in [2.24, 2.45) is 0 Å². The van der Waals surface area contributed by atoms with Gasteiger partial charge < -0.3 is 16.0 Å². The molecule has 2 heterocycles. The van der Waals surface area contributed by atoms with Crippen LogP contribution in [0.3, 0.4) is 0 Å². The zero-order valence-electron chi connectivity index (χ0n) is 16.6. The lowest BCUT2D eigenvalue weighted by atomic mass is 10.1. The van der Waals surface area contributed by atoms with Crippen LogP contribution in [0.1, 0.15) is 17.3 Å². The van der Waals surface area contributed by atoms with E-state index in [0.29, 0.717) is 16.9 Å². The van der Waals surface area contributed by atoms with Crippen LogP contribution in [0.4, 0.5) is 22.2 Å². The number of anilines is 4. The molecule has 2 amide bonds. The van der Waals surface area contributed by atoms with Gasteiger partial charge in [-0.3, -0.25) is 14.6 Å². The van der Waals surface area contributed by atoms with E-state index < -0.39 is 0 Å². The number of thiazole rings is 1. The summed E-state index contributed by atoms with van der Waals surface area (Å²) >= 11 is 1.50. The number of carbonyl (C=O) groups is 2. The molecule has 0 fully saturated rings. The van der Waals surface area contributed by atoms with Gasteiger partial charge in [0.25, 0.3) is 5.91 Å². The first-order valence-corrected chi connectivity index (χ1v) is 10.4. The molecule has 0 bridgehead atoms. The summed E-state index contributed by atoms with van der Waals surface area (Å²) in [5.41, 5.74) is 4.35. The van der Waals surface area contributed by atoms with Gasteiger partial charge in [-0.2, -0.15) is 0 Å². The van der Waals surface area contributed by atoms with Crippen molar-refractivity contribution in [2.75, 3.05) is 16.0 Å². The molecule has 0 aliphatic rings. The van der Waals surface area contributed by atoms with Gasteiger partial charge in [0.15, 0.2) is 5.13 Å². The topological polar surface area (TPSA) is 96.0 Å². The highest BCUT2D eigenvalue weighted by atomic mass is 32.1. The maximum absolute atomic E-state index is 12.6. The van der Waals surface area contributed by atoms with Gasteiger partial charge in [0.1, 0.15) is 0 Å². The number of nitrogens with one attached hydrogen (secondary N) is 3. The number of aromatic nitrogens is 2. The third-order valence-corrected chi connectivity index (χ3v) is 5.05. The van der Waals surface area contributed by atoms with Crippen LogP contribution in [0.15, 0.2) is 78.4 Å². The molecule has 0 aliphatic carbocycles. The molecule has 7 nitrogen and oxygen atoms in total. The van der Waals surface area contributed by atoms with E-state index in [0.717, 1.165) is 22.1 Å². The van der Waals surface area contributed by atoms with Gasteiger partial charge >= 0.3 is 0 Å². The molecule has 2 aromatic carbocycles. The summed E-state index contributed by atoms with van der Waals surface area (Å²) in [5, 5.41) is 11.6. The molecule has 31 heavy (non-hydrogen) atoms. The second kappa shape index (κ2) is 9.19. The molecule has 3 N–H and O–H groups in total. The van der Waals surface area contributed by atoms with Crippen LogP contribution < -0.4 is 16.0 Å². The summed E-state index contributed by atoms with van der Waals surface area (Å²) in [6.07, 6.45) is 3.47. The molecule has 0 atom stereocenters. The van der Waals surface area contributed by atoms with E-state index in [1.54, 1.807) is 36.7 Å². The Morgan fingerprint density at radius 2 is 1.58 bits per heavy atom. The Hall–Kier alpha value is -4.04. The Labute approximate surface area is 183 Å². The maximum atomic E-state index is 12.6. The Morgan fingerprint density at radius 1 is 0.871 bits per heavy atom. The first-order valence-electron chi connectivity index (χ1n) is 9.49. The number of carbonyl (C=O) groups excluding carboxylic acids is 2. The van der Waals surface area contributed by atoms with Gasteiger partial charge in [-0.15, -0.1) is 11.3 Å². The minimum absolute atomic E-state index is 0.189. The first kappa shape index (κ1) is 20.2. The summed E-state index contributed by atoms with van der Waals surface area (Å²) in [4.78, 5) is 32.5. The van der Waals surface area contributed by atoms with Gasteiger partial charge in [-0.1, -0.05) is 12.1 Å². The highest BCUT2D eigenvalue weighted by molar-refractivity contribution is 7.14. The first-order chi connectivity index (χ1) is 15.1. The molecule has 4 aromatic rings. The van der Waals surface area contributed by atoms with E-state index in [4.69, 9.17) is 0 Å². The summed E-state index contributed by atoms with van der Waals surface area (Å²) in [6.45, 7) is 1.42. The monoisotopic (exact) mass is 429 g/mol. The highest BCUT2D eigenvalue weighted by Gasteiger charge is 2.09. The lowest BCUT2D eigenvalue weighted by Crippen LogP contribution is -2.13. The van der Waals surface area contributed by atoms with Crippen LogP contribution in [0.2, 0.25) is 0 Å². The van der Waals surface area contributed by atoms with Crippen LogP contribution in [0.5, 0.6) is 0 Å². The molecule has 4 rings (SSSR count). The number of hydrogen-bond acceptors (Lipinski definition) is 6. The molecule has 0 saturated carbocycles. The summed E-state index contributed by atoms with van der Waals surface area (Å²) in [6, 6.07) is 18.0. The zero-order valence-corrected chi connectivity index (χ0v) is 17.4. The maximum Gasteiger partial charge on any atom is 0.255 e. The second-order valence-corrected chi connectivity index (χ2v) is 7.55. The fraction of sp³-hybridized carbons (Fsp3) is 0.0435. The Morgan fingerprint density at radius 3 is 2.35 bits per heavy atom. The van der Waals surface area contributed by atoms with Gasteiger partial charge in [-0.25, -0.2) is 4.98 Å². The predicted molar refractivity (Wildman–Crippen MR) is 124 cm³/mol. The average Bonchev–Trinajstić information content (AvgIpc) is 3.23. The molecule has 0 spiro atoms. The number of rotatable bonds is 6. The summed E-state index contributed by atoms with van der Waals surface area (Å²) in [7, 11) is 0. The number of nitrogens with zero attached hydrogens (tertiary/aromatic N) is 2. The number of hydrogen-bond donors (Lipinski definition) is 3. The smallest absolute Gasteiger partial charge is 0.255 e. The third-order valence-electron chi connectivity index (χ3n) is 4.30. The van der Waals surface area contributed by atoms with Crippen molar-refractivity contribution in [1.29, 1.82) is 0 Å². The van der Waals surface area contributed by atoms with Crippen molar-refractivity contribution >= 4 is 45.3 Å². The third kappa shape index (κ3) is 5.31. The minimum atomic E-state index is -0.265. The zero-order chi connectivity index (χ0) is 21.6. The molecule has 0 unspecified atom stereocenters. The van der Waals surface area contributed by atoms with Gasteiger partial charge in [-0.05, 0) is 48.5 Å². The van der Waals surface area contributed by atoms with E-state index in [1.807, 2.05) is 41.8 Å². The summed E-state index contributed by atoms with van der Waals surface area (Å²) in [5.74, 6) is -0.454. The van der Waals surface area contributed by atoms with E-state index >= 15 is 0 Å². The molecule has 8 heteroatoms. The van der Waals surface area contributed by atoms with Crippen LogP contribution in [0, 0.1) is 0 Å². The standard InChI is InChI=1S/C23H19N5O2S/c1-15(29)25-18-5-2-4-17(12-18)22(30)26-19-6-3-7-20(13-19)27-23-28-21(14-31-23)16-8-10-24-11-9-16/h2-14H,1H3,(H,25,29)(H,26,30)(H,27,28). The Balaban J connectivity index is 1.45. The van der Waals surface area contributed by atoms with Gasteiger partial charge in [0, 0.05) is 52.9 Å². The molecule has 0 saturated heterocycles. The van der Waals surface area contributed by atoms with Crippen molar-refractivity contribution in [3.8, 4) is 11.3 Å². The molecular weight excluding hydrogens is 410 g/mol. The Bertz CT molecular complexity index is 1220. The molecule has 0 radical (unpaired) electrons. The normalized spacial score (nSPS) is 10.4. The molecule has 2 aromatic heterocycles. The van der Waals surface area contributed by atoms with Crippen LogP contribution in [-0.2, 0) is 4.79 Å². The Kier molecular flexibility index (Phi) is 6.00. The second-order valence-electron chi connectivity index (χ2n) is 6.70. The van der Waals surface area contributed by atoms with Crippen molar-refractivity contribution in [1.82, 2.24) is 9.97 Å². The quantitative estimate of drug-likeness (QED) is 0.393. The molecular formula is C23H19N5O2S. The number of benzene rings is 2. The summed E-state index contributed by atoms with van der Waals surface area (Å²) < 4.78 is 0. The van der Waals surface area contributed by atoms with Crippen LogP contribution >= 0.6 is 11.3 Å². The lowest BCUT2D eigenvalue weighted by Gasteiger charge is -2.09. The van der Waals surface area contributed by atoms with Gasteiger partial charge in [0.05, 0.1) is 5.69 Å². The van der Waals surface area contributed by atoms with Crippen molar-refractivity contribution < 1.29 is 9.59 Å². The van der Waals surface area contributed by atoms with Crippen molar-refractivity contribution in [3.05, 3.63) is 84.0 Å². The van der Waals surface area contributed by atoms with Crippen LogP contribution in [-0.4, -0.2) is 21.8 Å². The minimum Gasteiger partial charge on any atom is -0.331 e. The van der Waals surface area contributed by atoms with E-state index in [1.165, 1.54) is 18.3 Å². The lowest BCUT2D eigenvalue weighted by molar-refractivity contribution is -0.114.